The van der Waals surface area contributed by atoms with Gasteiger partial charge in [0.05, 0.1) is 7.11 Å². The van der Waals surface area contributed by atoms with Crippen LogP contribution in [0.4, 0.5) is 0 Å². The Hall–Kier alpha value is -0.610. The van der Waals surface area contributed by atoms with Gasteiger partial charge < -0.3 is 9.64 Å². The molecule has 4 nitrogen and oxygen atoms in total. The first kappa shape index (κ1) is 10.9. The highest BCUT2D eigenvalue weighted by Gasteiger charge is 2.34. The van der Waals surface area contributed by atoms with E-state index in [1.807, 2.05) is 0 Å². The van der Waals surface area contributed by atoms with Crippen molar-refractivity contribution in [3.63, 3.8) is 0 Å². The summed E-state index contributed by atoms with van der Waals surface area (Å²) >= 11 is 0. The highest BCUT2D eigenvalue weighted by Crippen LogP contribution is 2.18. The van der Waals surface area contributed by atoms with E-state index in [-0.39, 0.29) is 12.0 Å². The highest BCUT2D eigenvalue weighted by atomic mass is 16.5. The van der Waals surface area contributed by atoms with E-state index in [1.165, 1.54) is 33.0 Å². The first-order valence-electron chi connectivity index (χ1n) is 5.85. The van der Waals surface area contributed by atoms with Gasteiger partial charge in [0.25, 0.3) is 0 Å². The minimum atomic E-state index is -0.0670. The lowest BCUT2D eigenvalue weighted by atomic mass is 10.0. The second-order valence-corrected chi connectivity index (χ2v) is 4.41. The number of rotatable bonds is 4. The second-order valence-electron chi connectivity index (χ2n) is 4.41. The van der Waals surface area contributed by atoms with Crippen LogP contribution in [0, 0.1) is 0 Å². The predicted molar refractivity (Wildman–Crippen MR) is 57.7 cm³/mol. The average Bonchev–Trinajstić information content (AvgIpc) is 2.69. The fourth-order valence-corrected chi connectivity index (χ4v) is 2.39. The standard InChI is InChI=1S/C11H20N2O2/c1-15-11(14)10-4-7-13(10)9-8-12-5-2-3-6-12/h10H,2-9H2,1H3. The Kier molecular flexibility index (Phi) is 3.59. The van der Waals surface area contributed by atoms with Gasteiger partial charge >= 0.3 is 5.97 Å². The van der Waals surface area contributed by atoms with Gasteiger partial charge in [0.2, 0.25) is 0 Å². The Morgan fingerprint density at radius 1 is 1.27 bits per heavy atom. The number of likely N-dealkylation sites (tertiary alicyclic amines) is 2. The molecule has 4 heteroatoms. The molecule has 0 radical (unpaired) electrons. The minimum Gasteiger partial charge on any atom is -0.468 e. The van der Waals surface area contributed by atoms with E-state index in [0.29, 0.717) is 0 Å². The van der Waals surface area contributed by atoms with Crippen molar-refractivity contribution in [1.82, 2.24) is 9.80 Å². The molecule has 0 aliphatic carbocycles. The summed E-state index contributed by atoms with van der Waals surface area (Å²) in [5.41, 5.74) is 0. The SMILES string of the molecule is COC(=O)C1CCN1CCN1CCCC1. The molecule has 0 spiro atoms. The van der Waals surface area contributed by atoms with Crippen LogP contribution in [-0.2, 0) is 9.53 Å². The number of ether oxygens (including phenoxy) is 1. The Morgan fingerprint density at radius 2 is 2.00 bits per heavy atom. The number of carbonyl (C=O) groups excluding carboxylic acids is 1. The zero-order valence-corrected chi connectivity index (χ0v) is 9.45. The molecular formula is C11H20N2O2. The molecule has 2 fully saturated rings. The monoisotopic (exact) mass is 212 g/mol. The van der Waals surface area contributed by atoms with Crippen molar-refractivity contribution in [1.29, 1.82) is 0 Å². The lowest BCUT2D eigenvalue weighted by Crippen LogP contribution is -2.54. The predicted octanol–water partition coefficient (Wildman–Crippen LogP) is 0.329. The summed E-state index contributed by atoms with van der Waals surface area (Å²) in [5, 5.41) is 0. The molecule has 86 valence electrons. The molecule has 0 bridgehead atoms. The molecule has 2 aliphatic rings. The molecular weight excluding hydrogens is 192 g/mol. The Morgan fingerprint density at radius 3 is 2.53 bits per heavy atom. The molecule has 2 saturated heterocycles. The first-order valence-corrected chi connectivity index (χ1v) is 5.85. The zero-order valence-electron chi connectivity index (χ0n) is 9.45. The number of hydrogen-bond donors (Lipinski definition) is 0. The summed E-state index contributed by atoms with van der Waals surface area (Å²) in [7, 11) is 1.47. The van der Waals surface area contributed by atoms with E-state index in [2.05, 4.69) is 9.80 Å². The summed E-state index contributed by atoms with van der Waals surface area (Å²) in [4.78, 5) is 16.0. The molecule has 15 heavy (non-hydrogen) atoms. The van der Waals surface area contributed by atoms with E-state index in [1.54, 1.807) is 0 Å². The normalized spacial score (nSPS) is 27.7. The van der Waals surface area contributed by atoms with E-state index in [0.717, 1.165) is 26.1 Å². The van der Waals surface area contributed by atoms with Crippen molar-refractivity contribution in [3.8, 4) is 0 Å². The number of methoxy groups -OCH3 is 1. The quantitative estimate of drug-likeness (QED) is 0.629. The second kappa shape index (κ2) is 4.94. The molecule has 2 rings (SSSR count). The lowest BCUT2D eigenvalue weighted by Gasteiger charge is -2.39. The van der Waals surface area contributed by atoms with Crippen molar-refractivity contribution in [3.05, 3.63) is 0 Å². The largest absolute Gasteiger partial charge is 0.468 e. The van der Waals surface area contributed by atoms with Gasteiger partial charge in [0, 0.05) is 19.6 Å². The average molecular weight is 212 g/mol. The van der Waals surface area contributed by atoms with E-state index >= 15 is 0 Å². The van der Waals surface area contributed by atoms with Crippen molar-refractivity contribution in [2.45, 2.75) is 25.3 Å². The molecule has 0 aromatic carbocycles. The molecule has 0 saturated carbocycles. The van der Waals surface area contributed by atoms with Crippen LogP contribution < -0.4 is 0 Å². The molecule has 1 atom stereocenters. The summed E-state index contributed by atoms with van der Waals surface area (Å²) in [6, 6.07) is 0.0394. The van der Waals surface area contributed by atoms with Crippen LogP contribution in [0.25, 0.3) is 0 Å². The summed E-state index contributed by atoms with van der Waals surface area (Å²) in [6.07, 6.45) is 3.63. The van der Waals surface area contributed by atoms with Gasteiger partial charge in [-0.1, -0.05) is 0 Å². The van der Waals surface area contributed by atoms with Crippen molar-refractivity contribution in [2.24, 2.45) is 0 Å². The van der Waals surface area contributed by atoms with Crippen LogP contribution in [0.3, 0.4) is 0 Å². The molecule has 1 unspecified atom stereocenters. The van der Waals surface area contributed by atoms with Crippen LogP contribution in [0.1, 0.15) is 19.3 Å². The van der Waals surface area contributed by atoms with E-state index in [4.69, 9.17) is 4.74 Å². The van der Waals surface area contributed by atoms with Gasteiger partial charge in [-0.25, -0.2) is 0 Å². The van der Waals surface area contributed by atoms with Gasteiger partial charge in [-0.05, 0) is 32.4 Å². The molecule has 0 aromatic rings. The third kappa shape index (κ3) is 2.49. The zero-order chi connectivity index (χ0) is 10.7. The Bertz CT molecular complexity index is 227. The van der Waals surface area contributed by atoms with Crippen molar-refractivity contribution < 1.29 is 9.53 Å². The van der Waals surface area contributed by atoms with Crippen LogP contribution >= 0.6 is 0 Å². The van der Waals surface area contributed by atoms with Gasteiger partial charge in [0.1, 0.15) is 6.04 Å². The van der Waals surface area contributed by atoms with Crippen LogP contribution in [0.2, 0.25) is 0 Å². The van der Waals surface area contributed by atoms with Gasteiger partial charge in [-0.3, -0.25) is 9.69 Å². The van der Waals surface area contributed by atoms with Crippen molar-refractivity contribution in [2.75, 3.05) is 39.8 Å². The third-order valence-electron chi connectivity index (χ3n) is 3.51. The topological polar surface area (TPSA) is 32.8 Å². The Labute approximate surface area is 91.2 Å². The van der Waals surface area contributed by atoms with Gasteiger partial charge in [-0.2, -0.15) is 0 Å². The molecule has 2 aliphatic heterocycles. The maximum absolute atomic E-state index is 11.3. The fourth-order valence-electron chi connectivity index (χ4n) is 2.39. The maximum atomic E-state index is 11.3. The number of esters is 1. The summed E-state index contributed by atoms with van der Waals surface area (Å²) < 4.78 is 4.76. The third-order valence-corrected chi connectivity index (χ3v) is 3.51. The number of nitrogens with zero attached hydrogens (tertiary/aromatic N) is 2. The summed E-state index contributed by atoms with van der Waals surface area (Å²) in [5.74, 6) is -0.0670. The molecule has 0 aromatic heterocycles. The number of hydrogen-bond acceptors (Lipinski definition) is 4. The van der Waals surface area contributed by atoms with Crippen LogP contribution in [-0.4, -0.2) is 61.6 Å². The maximum Gasteiger partial charge on any atom is 0.323 e. The fraction of sp³-hybridized carbons (Fsp3) is 0.909. The highest BCUT2D eigenvalue weighted by molar-refractivity contribution is 5.76. The minimum absolute atomic E-state index is 0.0394. The van der Waals surface area contributed by atoms with Gasteiger partial charge in [0.15, 0.2) is 0 Å². The Balaban J connectivity index is 1.68. The van der Waals surface area contributed by atoms with E-state index in [9.17, 15) is 4.79 Å². The smallest absolute Gasteiger partial charge is 0.323 e. The van der Waals surface area contributed by atoms with E-state index < -0.39 is 0 Å². The molecule has 2 heterocycles. The summed E-state index contributed by atoms with van der Waals surface area (Å²) in [6.45, 7) is 5.63. The molecule has 0 N–H and O–H groups in total. The van der Waals surface area contributed by atoms with Crippen molar-refractivity contribution >= 4 is 5.97 Å². The van der Waals surface area contributed by atoms with Crippen LogP contribution in [0.5, 0.6) is 0 Å². The van der Waals surface area contributed by atoms with Gasteiger partial charge in [-0.15, -0.1) is 0 Å². The number of carbonyl (C=O) groups is 1. The first-order chi connectivity index (χ1) is 7.31. The molecule has 0 amide bonds. The van der Waals surface area contributed by atoms with Crippen LogP contribution in [0.15, 0.2) is 0 Å². The lowest BCUT2D eigenvalue weighted by molar-refractivity contribution is -0.152.